The number of nitrogens with one attached hydrogen (secondary N) is 1. The third kappa shape index (κ3) is 6.22. The van der Waals surface area contributed by atoms with Crippen LogP contribution in [-0.2, 0) is 11.3 Å². The number of hydrogen-bond acceptors (Lipinski definition) is 6. The smallest absolute Gasteiger partial charge is 0.220 e. The molecule has 140 valence electrons. The first kappa shape index (κ1) is 20.1. The van der Waals surface area contributed by atoms with Crippen molar-refractivity contribution in [2.24, 2.45) is 0 Å². The van der Waals surface area contributed by atoms with Gasteiger partial charge in [0.1, 0.15) is 0 Å². The SMILES string of the molecule is COc1cc(CNC(=O)CCCCC2CCSS2)cc(OC)c1OC. The van der Waals surface area contributed by atoms with Crippen molar-refractivity contribution in [1.29, 1.82) is 0 Å². The number of hydrogen-bond donors (Lipinski definition) is 1. The molecule has 5 nitrogen and oxygen atoms in total. The van der Waals surface area contributed by atoms with Gasteiger partial charge in [0, 0.05) is 24.0 Å². The lowest BCUT2D eigenvalue weighted by Gasteiger charge is -2.14. The van der Waals surface area contributed by atoms with E-state index in [1.165, 1.54) is 18.6 Å². The molecule has 7 heteroatoms. The van der Waals surface area contributed by atoms with E-state index in [9.17, 15) is 4.79 Å². The number of carbonyl (C=O) groups excluding carboxylic acids is 1. The van der Waals surface area contributed by atoms with E-state index in [4.69, 9.17) is 14.2 Å². The van der Waals surface area contributed by atoms with Crippen molar-refractivity contribution in [2.45, 2.75) is 43.9 Å². The van der Waals surface area contributed by atoms with Gasteiger partial charge in [-0.05, 0) is 37.0 Å². The van der Waals surface area contributed by atoms with Crippen molar-refractivity contribution in [2.75, 3.05) is 27.1 Å². The van der Waals surface area contributed by atoms with Crippen LogP contribution in [0.25, 0.3) is 0 Å². The van der Waals surface area contributed by atoms with E-state index in [1.807, 2.05) is 33.7 Å². The van der Waals surface area contributed by atoms with Crippen LogP contribution >= 0.6 is 21.6 Å². The first-order valence-corrected chi connectivity index (χ1v) is 10.9. The number of amides is 1. The van der Waals surface area contributed by atoms with Gasteiger partial charge in [-0.25, -0.2) is 0 Å². The van der Waals surface area contributed by atoms with Gasteiger partial charge in [-0.2, -0.15) is 0 Å². The zero-order valence-corrected chi connectivity index (χ0v) is 16.8. The molecule has 2 rings (SSSR count). The van der Waals surface area contributed by atoms with Crippen molar-refractivity contribution in [3.05, 3.63) is 17.7 Å². The summed E-state index contributed by atoms with van der Waals surface area (Å²) < 4.78 is 16.0. The summed E-state index contributed by atoms with van der Waals surface area (Å²) in [5.74, 6) is 3.10. The Morgan fingerprint density at radius 1 is 1.16 bits per heavy atom. The highest BCUT2D eigenvalue weighted by molar-refractivity contribution is 8.77. The van der Waals surface area contributed by atoms with E-state index in [1.54, 1.807) is 21.3 Å². The number of methoxy groups -OCH3 is 3. The molecule has 1 aliphatic rings. The van der Waals surface area contributed by atoms with E-state index in [0.717, 1.165) is 23.7 Å². The van der Waals surface area contributed by atoms with Gasteiger partial charge in [0.15, 0.2) is 11.5 Å². The van der Waals surface area contributed by atoms with E-state index in [2.05, 4.69) is 5.32 Å². The summed E-state index contributed by atoms with van der Waals surface area (Å²) >= 11 is 0. The lowest BCUT2D eigenvalue weighted by atomic mass is 10.1. The summed E-state index contributed by atoms with van der Waals surface area (Å²) in [7, 11) is 8.71. The molecule has 1 N–H and O–H groups in total. The molecular formula is C18H27NO4S2. The molecule has 0 bridgehead atoms. The molecule has 1 aromatic carbocycles. The summed E-state index contributed by atoms with van der Waals surface area (Å²) in [6.07, 6.45) is 5.17. The minimum absolute atomic E-state index is 0.0854. The number of ether oxygens (including phenoxy) is 3. The predicted octanol–water partition coefficient (Wildman–Crippen LogP) is 4.04. The second kappa shape index (κ2) is 10.7. The molecule has 25 heavy (non-hydrogen) atoms. The van der Waals surface area contributed by atoms with Crippen molar-refractivity contribution >= 4 is 27.5 Å². The quantitative estimate of drug-likeness (QED) is 0.484. The number of unbranched alkanes of at least 4 members (excludes halogenated alkanes) is 1. The molecule has 0 spiro atoms. The Morgan fingerprint density at radius 2 is 1.88 bits per heavy atom. The second-order valence-electron chi connectivity index (χ2n) is 5.88. The maximum absolute atomic E-state index is 12.0. The van der Waals surface area contributed by atoms with E-state index < -0.39 is 0 Å². The molecule has 1 saturated heterocycles. The molecule has 1 atom stereocenters. The van der Waals surface area contributed by atoms with Gasteiger partial charge in [-0.15, -0.1) is 0 Å². The average Bonchev–Trinajstić information content (AvgIpc) is 3.15. The Bertz CT molecular complexity index is 537. The minimum Gasteiger partial charge on any atom is -0.493 e. The zero-order chi connectivity index (χ0) is 18.1. The van der Waals surface area contributed by atoms with Gasteiger partial charge in [0.2, 0.25) is 11.7 Å². The summed E-state index contributed by atoms with van der Waals surface area (Å²) in [4.78, 5) is 12.0. The molecule has 0 aromatic heterocycles. The Morgan fingerprint density at radius 3 is 2.44 bits per heavy atom. The van der Waals surface area contributed by atoms with Crippen LogP contribution < -0.4 is 19.5 Å². The molecule has 0 saturated carbocycles. The largest absolute Gasteiger partial charge is 0.493 e. The molecule has 1 aliphatic heterocycles. The Balaban J connectivity index is 1.76. The molecule has 1 heterocycles. The van der Waals surface area contributed by atoms with Gasteiger partial charge in [-0.1, -0.05) is 28.0 Å². The third-order valence-electron chi connectivity index (χ3n) is 4.12. The highest BCUT2D eigenvalue weighted by Gasteiger charge is 2.16. The van der Waals surface area contributed by atoms with Gasteiger partial charge in [0.05, 0.1) is 21.3 Å². The van der Waals surface area contributed by atoms with Crippen molar-refractivity contribution in [3.63, 3.8) is 0 Å². The van der Waals surface area contributed by atoms with Crippen LogP contribution in [0.5, 0.6) is 17.2 Å². The summed E-state index contributed by atoms with van der Waals surface area (Å²) in [6.45, 7) is 0.449. The van der Waals surface area contributed by atoms with Crippen LogP contribution in [0, 0.1) is 0 Å². The molecular weight excluding hydrogens is 358 g/mol. The maximum atomic E-state index is 12.0. The maximum Gasteiger partial charge on any atom is 0.220 e. The van der Waals surface area contributed by atoms with Crippen LogP contribution in [0.1, 0.15) is 37.7 Å². The van der Waals surface area contributed by atoms with Crippen molar-refractivity contribution in [1.82, 2.24) is 5.32 Å². The lowest BCUT2D eigenvalue weighted by molar-refractivity contribution is -0.121. The zero-order valence-electron chi connectivity index (χ0n) is 15.1. The van der Waals surface area contributed by atoms with E-state index in [0.29, 0.717) is 30.2 Å². The Labute approximate surface area is 158 Å². The van der Waals surface area contributed by atoms with Gasteiger partial charge in [-0.3, -0.25) is 4.79 Å². The molecule has 1 aromatic rings. The summed E-state index contributed by atoms with van der Waals surface area (Å²) in [5.41, 5.74) is 0.919. The highest BCUT2D eigenvalue weighted by Crippen LogP contribution is 2.40. The monoisotopic (exact) mass is 385 g/mol. The fourth-order valence-electron chi connectivity index (χ4n) is 2.75. The Hall–Kier alpha value is -1.21. The minimum atomic E-state index is 0.0854. The van der Waals surface area contributed by atoms with Crippen LogP contribution in [0.3, 0.4) is 0 Å². The topological polar surface area (TPSA) is 56.8 Å². The van der Waals surface area contributed by atoms with Crippen molar-refractivity contribution < 1.29 is 19.0 Å². The van der Waals surface area contributed by atoms with Crippen LogP contribution in [0.4, 0.5) is 0 Å². The summed E-state index contributed by atoms with van der Waals surface area (Å²) in [5, 5.41) is 3.75. The van der Waals surface area contributed by atoms with Gasteiger partial charge >= 0.3 is 0 Å². The number of benzene rings is 1. The molecule has 1 unspecified atom stereocenters. The second-order valence-corrected chi connectivity index (χ2v) is 8.67. The molecule has 0 aliphatic carbocycles. The molecule has 1 fully saturated rings. The Kier molecular flexibility index (Phi) is 8.61. The highest BCUT2D eigenvalue weighted by atomic mass is 33.1. The van der Waals surface area contributed by atoms with Gasteiger partial charge < -0.3 is 19.5 Å². The number of rotatable bonds is 10. The van der Waals surface area contributed by atoms with E-state index >= 15 is 0 Å². The fraction of sp³-hybridized carbons (Fsp3) is 0.611. The average molecular weight is 386 g/mol. The predicted molar refractivity (Wildman–Crippen MR) is 105 cm³/mol. The third-order valence-corrected chi connectivity index (χ3v) is 7.13. The first-order chi connectivity index (χ1) is 12.2. The van der Waals surface area contributed by atoms with Crippen LogP contribution in [-0.4, -0.2) is 38.2 Å². The fourth-order valence-corrected chi connectivity index (χ4v) is 5.78. The van der Waals surface area contributed by atoms with Crippen LogP contribution in [0.15, 0.2) is 12.1 Å². The van der Waals surface area contributed by atoms with E-state index in [-0.39, 0.29) is 5.91 Å². The first-order valence-electron chi connectivity index (χ1n) is 8.51. The summed E-state index contributed by atoms with van der Waals surface area (Å²) in [6, 6.07) is 3.72. The molecule has 1 amide bonds. The molecule has 0 radical (unpaired) electrons. The van der Waals surface area contributed by atoms with Gasteiger partial charge in [0.25, 0.3) is 0 Å². The van der Waals surface area contributed by atoms with Crippen molar-refractivity contribution in [3.8, 4) is 17.2 Å². The number of carbonyl (C=O) groups is 1. The van der Waals surface area contributed by atoms with Crippen LogP contribution in [0.2, 0.25) is 0 Å². The lowest BCUT2D eigenvalue weighted by Crippen LogP contribution is -2.22. The normalized spacial score (nSPS) is 16.5. The standard InChI is InChI=1S/C18H27NO4S2/c1-21-15-10-13(11-16(22-2)18(15)23-3)12-19-17(20)7-5-4-6-14-8-9-24-25-14/h10-11,14H,4-9,12H2,1-3H3,(H,19,20).